The molecule has 28 heavy (non-hydrogen) atoms. The van der Waals surface area contributed by atoms with Crippen molar-refractivity contribution >= 4 is 39.3 Å². The predicted molar refractivity (Wildman–Crippen MR) is 117 cm³/mol. The van der Waals surface area contributed by atoms with Gasteiger partial charge >= 0.3 is 0 Å². The number of rotatable bonds is 8. The molecule has 1 atom stereocenters. The molecule has 0 aliphatic carbocycles. The number of nitrogens with zero attached hydrogens (tertiary/aromatic N) is 1. The first-order valence-electron chi connectivity index (χ1n) is 9.32. The summed E-state index contributed by atoms with van der Waals surface area (Å²) in [6, 6.07) is 14.4. The summed E-state index contributed by atoms with van der Waals surface area (Å²) in [7, 11) is 0. The number of carbonyl (C=O) groups is 2. The maximum absolute atomic E-state index is 13.1. The highest BCUT2D eigenvalue weighted by Crippen LogP contribution is 2.16. The normalized spacial score (nSPS) is 11.9. The van der Waals surface area contributed by atoms with E-state index in [2.05, 4.69) is 21.2 Å². The maximum atomic E-state index is 13.1. The first kappa shape index (κ1) is 22.4. The Bertz CT molecular complexity index is 791. The molecule has 1 unspecified atom stereocenters. The van der Waals surface area contributed by atoms with Gasteiger partial charge in [0.25, 0.3) is 0 Å². The number of benzene rings is 2. The number of hydrogen-bond donors (Lipinski definition) is 1. The molecule has 0 heterocycles. The van der Waals surface area contributed by atoms with Crippen molar-refractivity contribution in [1.29, 1.82) is 0 Å². The van der Waals surface area contributed by atoms with E-state index in [1.807, 2.05) is 50.2 Å². The number of hydrogen-bond acceptors (Lipinski definition) is 2. The standard InChI is InChI=1S/C22H26BrClN2O2/c1-15(2)13-25-22(28)16(3)26(14-18-4-8-19(23)9-5-18)21(27)12-17-6-10-20(24)11-7-17/h4-11,15-16H,12-14H2,1-3H3,(H,25,28). The second-order valence-electron chi connectivity index (χ2n) is 7.27. The maximum Gasteiger partial charge on any atom is 0.242 e. The van der Waals surface area contributed by atoms with Crippen molar-refractivity contribution in [1.82, 2.24) is 10.2 Å². The van der Waals surface area contributed by atoms with Gasteiger partial charge in [-0.1, -0.05) is 65.6 Å². The number of carbonyl (C=O) groups excluding carboxylic acids is 2. The summed E-state index contributed by atoms with van der Waals surface area (Å²) < 4.78 is 0.970. The van der Waals surface area contributed by atoms with Gasteiger partial charge in [0.2, 0.25) is 11.8 Å². The summed E-state index contributed by atoms with van der Waals surface area (Å²) in [6.07, 6.45) is 0.218. The zero-order valence-electron chi connectivity index (χ0n) is 16.4. The zero-order valence-corrected chi connectivity index (χ0v) is 18.8. The van der Waals surface area contributed by atoms with Gasteiger partial charge in [0, 0.05) is 22.6 Å². The number of halogens is 2. The van der Waals surface area contributed by atoms with Crippen molar-refractivity contribution in [2.24, 2.45) is 5.92 Å². The quantitative estimate of drug-likeness (QED) is 0.607. The summed E-state index contributed by atoms with van der Waals surface area (Å²) >= 11 is 9.35. The number of amides is 2. The van der Waals surface area contributed by atoms with Crippen LogP contribution in [-0.4, -0.2) is 29.3 Å². The Labute approximate surface area is 180 Å². The van der Waals surface area contributed by atoms with E-state index in [1.54, 1.807) is 24.0 Å². The monoisotopic (exact) mass is 464 g/mol. The Kier molecular flexibility index (Phi) is 8.52. The predicted octanol–water partition coefficient (Wildman–Crippen LogP) is 4.83. The Balaban J connectivity index is 2.18. The van der Waals surface area contributed by atoms with Crippen LogP contribution in [0.4, 0.5) is 0 Å². The molecule has 0 radical (unpaired) electrons. The van der Waals surface area contributed by atoms with Gasteiger partial charge in [-0.05, 0) is 48.2 Å². The second kappa shape index (κ2) is 10.6. The summed E-state index contributed by atoms with van der Waals surface area (Å²) in [5, 5.41) is 3.55. The summed E-state index contributed by atoms with van der Waals surface area (Å²) in [4.78, 5) is 27.3. The lowest BCUT2D eigenvalue weighted by atomic mass is 10.1. The molecule has 0 saturated carbocycles. The third-order valence-electron chi connectivity index (χ3n) is 4.39. The summed E-state index contributed by atoms with van der Waals surface area (Å²) in [5.74, 6) is 0.105. The van der Waals surface area contributed by atoms with E-state index in [-0.39, 0.29) is 18.2 Å². The van der Waals surface area contributed by atoms with Crippen molar-refractivity contribution < 1.29 is 9.59 Å². The van der Waals surface area contributed by atoms with Crippen molar-refractivity contribution in [3.63, 3.8) is 0 Å². The van der Waals surface area contributed by atoms with Crippen LogP contribution in [0.2, 0.25) is 5.02 Å². The Morgan fingerprint density at radius 3 is 2.14 bits per heavy atom. The first-order valence-corrected chi connectivity index (χ1v) is 10.5. The second-order valence-corrected chi connectivity index (χ2v) is 8.62. The highest BCUT2D eigenvalue weighted by molar-refractivity contribution is 9.10. The molecular weight excluding hydrogens is 440 g/mol. The van der Waals surface area contributed by atoms with Crippen LogP contribution in [0.1, 0.15) is 31.9 Å². The zero-order chi connectivity index (χ0) is 20.7. The molecule has 0 saturated heterocycles. The highest BCUT2D eigenvalue weighted by atomic mass is 79.9. The van der Waals surface area contributed by atoms with E-state index in [1.165, 1.54) is 0 Å². The smallest absolute Gasteiger partial charge is 0.242 e. The Morgan fingerprint density at radius 1 is 1.00 bits per heavy atom. The molecule has 150 valence electrons. The molecule has 2 amide bonds. The molecule has 0 aliphatic heterocycles. The van der Waals surface area contributed by atoms with E-state index in [9.17, 15) is 9.59 Å². The van der Waals surface area contributed by atoms with E-state index in [0.717, 1.165) is 15.6 Å². The molecule has 0 spiro atoms. The van der Waals surface area contributed by atoms with Crippen LogP contribution in [0.5, 0.6) is 0 Å². The molecule has 2 aromatic rings. The lowest BCUT2D eigenvalue weighted by molar-refractivity contribution is -0.140. The average Bonchev–Trinajstić information content (AvgIpc) is 2.66. The third kappa shape index (κ3) is 6.95. The van der Waals surface area contributed by atoms with Crippen LogP contribution >= 0.6 is 27.5 Å². The van der Waals surface area contributed by atoms with E-state index in [4.69, 9.17) is 11.6 Å². The molecule has 1 N–H and O–H groups in total. The fourth-order valence-electron chi connectivity index (χ4n) is 2.70. The Morgan fingerprint density at radius 2 is 1.57 bits per heavy atom. The van der Waals surface area contributed by atoms with Gasteiger partial charge < -0.3 is 10.2 Å². The van der Waals surface area contributed by atoms with Crippen LogP contribution in [-0.2, 0) is 22.6 Å². The molecule has 2 aromatic carbocycles. The molecule has 0 fully saturated rings. The lowest BCUT2D eigenvalue weighted by Gasteiger charge is -2.29. The van der Waals surface area contributed by atoms with Crippen molar-refractivity contribution in [3.05, 3.63) is 69.2 Å². The molecule has 6 heteroatoms. The van der Waals surface area contributed by atoms with Gasteiger partial charge in [0.1, 0.15) is 6.04 Å². The lowest BCUT2D eigenvalue weighted by Crippen LogP contribution is -2.48. The van der Waals surface area contributed by atoms with Crippen LogP contribution in [0.25, 0.3) is 0 Å². The third-order valence-corrected chi connectivity index (χ3v) is 5.17. The van der Waals surface area contributed by atoms with Gasteiger partial charge in [0.15, 0.2) is 0 Å². The SMILES string of the molecule is CC(C)CNC(=O)C(C)N(Cc1ccc(Br)cc1)C(=O)Cc1ccc(Cl)cc1. The van der Waals surface area contributed by atoms with Crippen molar-refractivity contribution in [2.75, 3.05) is 6.54 Å². The van der Waals surface area contributed by atoms with Crippen molar-refractivity contribution in [2.45, 2.75) is 39.8 Å². The summed E-state index contributed by atoms with van der Waals surface area (Å²) in [5.41, 5.74) is 1.83. The van der Waals surface area contributed by atoms with Gasteiger partial charge in [-0.15, -0.1) is 0 Å². The fourth-order valence-corrected chi connectivity index (χ4v) is 3.09. The summed E-state index contributed by atoms with van der Waals surface area (Å²) in [6.45, 7) is 6.80. The molecule has 0 aromatic heterocycles. The molecule has 4 nitrogen and oxygen atoms in total. The van der Waals surface area contributed by atoms with Crippen LogP contribution in [0.3, 0.4) is 0 Å². The van der Waals surface area contributed by atoms with Gasteiger partial charge in [0.05, 0.1) is 6.42 Å². The van der Waals surface area contributed by atoms with Gasteiger partial charge in [-0.2, -0.15) is 0 Å². The Hall–Kier alpha value is -1.85. The molecular formula is C22H26BrClN2O2. The average molecular weight is 466 g/mol. The molecule has 0 aliphatic rings. The highest BCUT2D eigenvalue weighted by Gasteiger charge is 2.26. The van der Waals surface area contributed by atoms with Crippen LogP contribution in [0, 0.1) is 5.92 Å². The van der Waals surface area contributed by atoms with Crippen LogP contribution in [0.15, 0.2) is 53.0 Å². The van der Waals surface area contributed by atoms with Gasteiger partial charge in [-0.3, -0.25) is 9.59 Å². The minimum atomic E-state index is -0.567. The van der Waals surface area contributed by atoms with Crippen molar-refractivity contribution in [3.8, 4) is 0 Å². The fraction of sp³-hybridized carbons (Fsp3) is 0.364. The molecule has 0 bridgehead atoms. The molecule has 2 rings (SSSR count). The van der Waals surface area contributed by atoms with E-state index in [0.29, 0.717) is 24.0 Å². The minimum Gasteiger partial charge on any atom is -0.354 e. The van der Waals surface area contributed by atoms with E-state index < -0.39 is 6.04 Å². The van der Waals surface area contributed by atoms with Crippen LogP contribution < -0.4 is 5.32 Å². The van der Waals surface area contributed by atoms with E-state index >= 15 is 0 Å². The minimum absolute atomic E-state index is 0.0996. The first-order chi connectivity index (χ1) is 13.3. The van der Waals surface area contributed by atoms with Gasteiger partial charge in [-0.25, -0.2) is 0 Å². The topological polar surface area (TPSA) is 49.4 Å². The number of nitrogens with one attached hydrogen (secondary N) is 1. The largest absolute Gasteiger partial charge is 0.354 e.